The summed E-state index contributed by atoms with van der Waals surface area (Å²) in [5.74, 6) is -3.73. The zero-order chi connectivity index (χ0) is 27.7. The third-order valence-corrected chi connectivity index (χ3v) is 6.33. The van der Waals surface area contributed by atoms with Crippen molar-refractivity contribution in [3.63, 3.8) is 0 Å². The number of alkyl halides is 3. The van der Waals surface area contributed by atoms with Gasteiger partial charge in [0, 0.05) is 25.1 Å². The smallest absolute Gasteiger partial charge is 0.475 e. The molecule has 3 amide bonds. The van der Waals surface area contributed by atoms with Gasteiger partial charge in [-0.3, -0.25) is 25.0 Å². The molecule has 0 bridgehead atoms. The van der Waals surface area contributed by atoms with Gasteiger partial charge in [-0.1, -0.05) is 5.21 Å². The lowest BCUT2D eigenvalue weighted by Gasteiger charge is -2.34. The number of aromatic nitrogens is 3. The Bertz CT molecular complexity index is 1260. The van der Waals surface area contributed by atoms with Crippen molar-refractivity contribution < 1.29 is 47.3 Å². The van der Waals surface area contributed by atoms with Crippen LogP contribution in [0.4, 0.5) is 13.2 Å². The number of fused-ring (bicyclic) bond motifs is 1. The highest BCUT2D eigenvalue weighted by Gasteiger charge is 2.40. The molecule has 0 saturated carbocycles. The number of morpholine rings is 1. The van der Waals surface area contributed by atoms with Crippen LogP contribution in [0.3, 0.4) is 0 Å². The van der Waals surface area contributed by atoms with E-state index in [1.54, 1.807) is 23.0 Å². The van der Waals surface area contributed by atoms with Gasteiger partial charge in [0.1, 0.15) is 17.3 Å². The van der Waals surface area contributed by atoms with Crippen molar-refractivity contribution in [3.05, 3.63) is 41.2 Å². The van der Waals surface area contributed by atoms with E-state index in [2.05, 4.69) is 20.9 Å². The second-order valence-corrected chi connectivity index (χ2v) is 8.81. The average molecular weight is 540 g/mol. The number of piperidine rings is 1. The topological polar surface area (TPSA) is 176 Å². The minimum atomic E-state index is -5.08. The lowest BCUT2D eigenvalue weighted by Crippen LogP contribution is -2.54. The zero-order valence-electron chi connectivity index (χ0n) is 19.7. The number of amides is 3. The molecule has 2 saturated heterocycles. The second kappa shape index (κ2) is 10.5. The molecular formula is C22H23F3N6O7. The van der Waals surface area contributed by atoms with Crippen molar-refractivity contribution in [2.45, 2.75) is 37.1 Å². The highest BCUT2D eigenvalue weighted by Crippen LogP contribution is 2.29. The Labute approximate surface area is 212 Å². The molecule has 3 aliphatic rings. The fourth-order valence-corrected chi connectivity index (χ4v) is 4.32. The molecule has 1 aromatic carbocycles. The summed E-state index contributed by atoms with van der Waals surface area (Å²) in [6, 6.07) is 4.67. The summed E-state index contributed by atoms with van der Waals surface area (Å²) < 4.78 is 38.8. The quantitative estimate of drug-likeness (QED) is 0.369. The Hall–Kier alpha value is -3.89. The van der Waals surface area contributed by atoms with Gasteiger partial charge < -0.3 is 19.8 Å². The van der Waals surface area contributed by atoms with Crippen LogP contribution in [-0.4, -0.2) is 92.4 Å². The molecule has 2 fully saturated rings. The maximum atomic E-state index is 12.8. The first-order valence-corrected chi connectivity index (χ1v) is 11.4. The second-order valence-electron chi connectivity index (χ2n) is 8.81. The summed E-state index contributed by atoms with van der Waals surface area (Å²) in [4.78, 5) is 46.9. The van der Waals surface area contributed by atoms with E-state index < -0.39 is 29.6 Å². The third-order valence-electron chi connectivity index (χ3n) is 6.33. The van der Waals surface area contributed by atoms with Crippen LogP contribution < -0.4 is 10.6 Å². The van der Waals surface area contributed by atoms with Gasteiger partial charge in [0.2, 0.25) is 11.8 Å². The van der Waals surface area contributed by atoms with Gasteiger partial charge >= 0.3 is 12.1 Å². The number of carbonyl (C=O) groups excluding carboxylic acids is 3. The molecule has 4 heterocycles. The first-order chi connectivity index (χ1) is 17.9. The lowest BCUT2D eigenvalue weighted by molar-refractivity contribution is -0.192. The summed E-state index contributed by atoms with van der Waals surface area (Å²) in [6.45, 7) is 1.57. The monoisotopic (exact) mass is 540 g/mol. The number of benzene rings is 1. The Morgan fingerprint density at radius 2 is 2.00 bits per heavy atom. The first kappa shape index (κ1) is 27.2. The molecule has 4 N–H and O–H groups in total. The number of nitrogens with zero attached hydrogens (tertiary/aromatic N) is 4. The van der Waals surface area contributed by atoms with E-state index in [0.717, 1.165) is 5.56 Å². The van der Waals surface area contributed by atoms with Gasteiger partial charge in [0.25, 0.3) is 5.91 Å². The van der Waals surface area contributed by atoms with Crippen molar-refractivity contribution in [1.82, 2.24) is 30.5 Å². The number of imide groups is 1. The van der Waals surface area contributed by atoms with Crippen LogP contribution in [0.15, 0.2) is 24.4 Å². The molecule has 38 heavy (non-hydrogen) atoms. The fraction of sp³-hybridized carbons (Fsp3) is 0.455. The lowest BCUT2D eigenvalue weighted by atomic mass is 9.97. The van der Waals surface area contributed by atoms with Gasteiger partial charge in [-0.2, -0.15) is 13.2 Å². The van der Waals surface area contributed by atoms with Crippen molar-refractivity contribution in [2.24, 2.45) is 0 Å². The molecule has 2 atom stereocenters. The summed E-state index contributed by atoms with van der Waals surface area (Å²) in [7, 11) is 0. The van der Waals surface area contributed by atoms with Crippen LogP contribution in [0.25, 0.3) is 5.69 Å². The fourth-order valence-electron chi connectivity index (χ4n) is 4.32. The van der Waals surface area contributed by atoms with Gasteiger partial charge in [-0.05, 0) is 30.2 Å². The van der Waals surface area contributed by atoms with Crippen molar-refractivity contribution >= 4 is 23.7 Å². The van der Waals surface area contributed by atoms with E-state index in [4.69, 9.17) is 14.6 Å². The number of rotatable bonds is 4. The minimum Gasteiger partial charge on any atom is -0.475 e. The average Bonchev–Trinajstić information content (AvgIpc) is 3.50. The summed E-state index contributed by atoms with van der Waals surface area (Å²) in [5, 5.41) is 31.0. The molecule has 204 valence electrons. The van der Waals surface area contributed by atoms with E-state index in [-0.39, 0.29) is 31.4 Å². The predicted octanol–water partition coefficient (Wildman–Crippen LogP) is -0.531. The zero-order valence-corrected chi connectivity index (χ0v) is 19.7. The predicted molar refractivity (Wildman–Crippen MR) is 119 cm³/mol. The number of hydrogen-bond donors (Lipinski definition) is 4. The number of aliphatic hydroxyl groups is 1. The van der Waals surface area contributed by atoms with E-state index >= 15 is 0 Å². The molecule has 0 radical (unpaired) electrons. The van der Waals surface area contributed by atoms with E-state index in [0.29, 0.717) is 43.1 Å². The molecule has 13 nitrogen and oxygen atoms in total. The van der Waals surface area contributed by atoms with E-state index in [1.807, 2.05) is 6.07 Å². The standard InChI is InChI=1S/C20H22N6O5.C2HF3O2/c27-10-20(11-31-6-5-21-20)16-9-26(24-23-16)13-1-2-14-12(7-13)8-25(19(14)30)15-3-4-17(28)22-18(15)29;3-2(4,5)1(6)7/h1-2,7,9,15,21,27H,3-6,8,10-11H2,(H,22,28,29);(H,6,7). The number of hydrogen-bond acceptors (Lipinski definition) is 9. The molecule has 2 aromatic rings. The number of carboxylic acid groups (broad SMARTS) is 1. The molecule has 1 aromatic heterocycles. The summed E-state index contributed by atoms with van der Waals surface area (Å²) >= 11 is 0. The van der Waals surface area contributed by atoms with Crippen LogP contribution in [0.5, 0.6) is 0 Å². The normalized spacial score (nSPS) is 23.4. The maximum absolute atomic E-state index is 12.8. The van der Waals surface area contributed by atoms with Crippen LogP contribution in [0.2, 0.25) is 0 Å². The Morgan fingerprint density at radius 3 is 2.61 bits per heavy atom. The summed E-state index contributed by atoms with van der Waals surface area (Å²) in [6.07, 6.45) is -2.82. The molecule has 2 unspecified atom stereocenters. The number of nitrogens with one attached hydrogen (secondary N) is 2. The van der Waals surface area contributed by atoms with Crippen LogP contribution >= 0.6 is 0 Å². The maximum Gasteiger partial charge on any atom is 0.490 e. The van der Waals surface area contributed by atoms with Crippen LogP contribution in [-0.2, 0) is 31.2 Å². The van der Waals surface area contributed by atoms with Crippen molar-refractivity contribution in [2.75, 3.05) is 26.4 Å². The van der Waals surface area contributed by atoms with Crippen LogP contribution in [0, 0.1) is 0 Å². The third kappa shape index (κ3) is 5.36. The number of carbonyl (C=O) groups is 4. The molecular weight excluding hydrogens is 517 g/mol. The Kier molecular flexibility index (Phi) is 7.48. The molecule has 0 aliphatic carbocycles. The van der Waals surface area contributed by atoms with E-state index in [1.165, 1.54) is 4.90 Å². The number of halogens is 3. The van der Waals surface area contributed by atoms with Crippen molar-refractivity contribution in [1.29, 1.82) is 0 Å². The highest BCUT2D eigenvalue weighted by atomic mass is 19.4. The number of aliphatic carboxylic acids is 1. The summed E-state index contributed by atoms with van der Waals surface area (Å²) in [5.41, 5.74) is 1.78. The minimum absolute atomic E-state index is 0.175. The SMILES string of the molecule is O=C(O)C(F)(F)F.O=C1CCC(N2Cc3cc(-n4cc(C5(CO)COCCN5)nn4)ccc3C2=O)C(=O)N1. The molecule has 3 aliphatic heterocycles. The number of ether oxygens (including phenoxy) is 1. The number of carboxylic acids is 1. The van der Waals surface area contributed by atoms with Gasteiger partial charge in [-0.25, -0.2) is 9.48 Å². The van der Waals surface area contributed by atoms with Gasteiger partial charge in [0.05, 0.1) is 31.7 Å². The van der Waals surface area contributed by atoms with Crippen LogP contribution in [0.1, 0.15) is 34.5 Å². The number of aliphatic hydroxyl groups excluding tert-OH is 1. The molecule has 16 heteroatoms. The van der Waals surface area contributed by atoms with Gasteiger partial charge in [-0.15, -0.1) is 5.10 Å². The first-order valence-electron chi connectivity index (χ1n) is 11.4. The van der Waals surface area contributed by atoms with E-state index in [9.17, 15) is 32.7 Å². The Morgan fingerprint density at radius 1 is 1.26 bits per heavy atom. The highest BCUT2D eigenvalue weighted by molar-refractivity contribution is 6.05. The largest absolute Gasteiger partial charge is 0.490 e. The molecule has 0 spiro atoms. The molecule has 5 rings (SSSR count). The van der Waals surface area contributed by atoms with Crippen molar-refractivity contribution in [3.8, 4) is 5.69 Å². The van der Waals surface area contributed by atoms with Gasteiger partial charge in [0.15, 0.2) is 0 Å². The Balaban J connectivity index is 0.000000426.